The summed E-state index contributed by atoms with van der Waals surface area (Å²) in [7, 11) is 0. The van der Waals surface area contributed by atoms with Crippen molar-refractivity contribution in [3.63, 3.8) is 0 Å². The standard InChI is InChI=1S/C8H11NO3/c1-4-6-2-5(8(10)11)3-7(6)12-9-4/h5-7H,2-3H2,1H3,(H,10,11). The molecular weight excluding hydrogens is 158 g/mol. The van der Waals surface area contributed by atoms with Gasteiger partial charge in [0.25, 0.3) is 0 Å². The van der Waals surface area contributed by atoms with Crippen molar-refractivity contribution in [1.82, 2.24) is 0 Å². The first-order valence-electron chi connectivity index (χ1n) is 4.11. The molecule has 1 N–H and O–H groups in total. The zero-order valence-electron chi connectivity index (χ0n) is 6.86. The van der Waals surface area contributed by atoms with Crippen LogP contribution in [0, 0.1) is 11.8 Å². The Bertz CT molecular complexity index is 249. The van der Waals surface area contributed by atoms with Gasteiger partial charge < -0.3 is 9.94 Å². The maximum atomic E-state index is 10.6. The Labute approximate surface area is 70.2 Å². The summed E-state index contributed by atoms with van der Waals surface area (Å²) in [5.74, 6) is -0.683. The van der Waals surface area contributed by atoms with E-state index in [0.717, 1.165) is 5.71 Å². The fraction of sp³-hybridized carbons (Fsp3) is 0.750. The molecule has 0 spiro atoms. The highest BCUT2D eigenvalue weighted by Crippen LogP contribution is 2.37. The first kappa shape index (κ1) is 7.58. The van der Waals surface area contributed by atoms with Crippen LogP contribution in [0.5, 0.6) is 0 Å². The number of nitrogens with zero attached hydrogens (tertiary/aromatic N) is 1. The fourth-order valence-corrected chi connectivity index (χ4v) is 1.98. The minimum Gasteiger partial charge on any atom is -0.481 e. The van der Waals surface area contributed by atoms with E-state index in [9.17, 15) is 4.79 Å². The molecule has 66 valence electrons. The van der Waals surface area contributed by atoms with E-state index in [1.807, 2.05) is 6.92 Å². The van der Waals surface area contributed by atoms with Crippen LogP contribution in [0.15, 0.2) is 5.16 Å². The van der Waals surface area contributed by atoms with Crippen molar-refractivity contribution in [3.05, 3.63) is 0 Å². The molecule has 3 unspecified atom stereocenters. The highest BCUT2D eigenvalue weighted by atomic mass is 16.6. The van der Waals surface area contributed by atoms with Crippen molar-refractivity contribution in [2.75, 3.05) is 0 Å². The van der Waals surface area contributed by atoms with E-state index in [1.54, 1.807) is 0 Å². The molecule has 0 saturated heterocycles. The van der Waals surface area contributed by atoms with Gasteiger partial charge in [-0.25, -0.2) is 0 Å². The summed E-state index contributed by atoms with van der Waals surface area (Å²) in [4.78, 5) is 15.7. The molecule has 1 aliphatic heterocycles. The average molecular weight is 169 g/mol. The zero-order valence-corrected chi connectivity index (χ0v) is 6.86. The molecule has 0 radical (unpaired) electrons. The maximum Gasteiger partial charge on any atom is 0.306 e. The number of rotatable bonds is 1. The second-order valence-corrected chi connectivity index (χ2v) is 3.49. The van der Waals surface area contributed by atoms with Crippen molar-refractivity contribution in [2.45, 2.75) is 25.9 Å². The molecule has 4 heteroatoms. The predicted octanol–water partition coefficient (Wildman–Crippen LogP) is 0.872. The van der Waals surface area contributed by atoms with Crippen LogP contribution in [0.3, 0.4) is 0 Å². The van der Waals surface area contributed by atoms with Gasteiger partial charge in [0.1, 0.15) is 6.10 Å². The number of aliphatic carboxylic acids is 1. The SMILES string of the molecule is CC1=NOC2CC(C(=O)O)CC12. The molecule has 2 aliphatic rings. The summed E-state index contributed by atoms with van der Waals surface area (Å²) in [5, 5.41) is 12.6. The van der Waals surface area contributed by atoms with Crippen LogP contribution in [0.1, 0.15) is 19.8 Å². The lowest BCUT2D eigenvalue weighted by atomic mass is 10.0. The van der Waals surface area contributed by atoms with Gasteiger partial charge in [-0.05, 0) is 13.3 Å². The van der Waals surface area contributed by atoms with E-state index in [4.69, 9.17) is 9.94 Å². The monoisotopic (exact) mass is 169 g/mol. The van der Waals surface area contributed by atoms with Gasteiger partial charge in [0.15, 0.2) is 0 Å². The Morgan fingerprint density at radius 1 is 1.67 bits per heavy atom. The largest absolute Gasteiger partial charge is 0.481 e. The number of hydrogen-bond acceptors (Lipinski definition) is 3. The second kappa shape index (κ2) is 2.47. The van der Waals surface area contributed by atoms with E-state index < -0.39 is 5.97 Å². The topological polar surface area (TPSA) is 58.9 Å². The molecule has 0 bridgehead atoms. The molecule has 1 heterocycles. The normalized spacial score (nSPS) is 38.8. The molecule has 3 atom stereocenters. The smallest absolute Gasteiger partial charge is 0.306 e. The maximum absolute atomic E-state index is 10.6. The van der Waals surface area contributed by atoms with E-state index in [2.05, 4.69) is 5.16 Å². The number of carboxylic acids is 1. The minimum atomic E-state index is -0.708. The molecule has 1 fully saturated rings. The lowest BCUT2D eigenvalue weighted by molar-refractivity contribution is -0.141. The van der Waals surface area contributed by atoms with Crippen molar-refractivity contribution in [3.8, 4) is 0 Å². The first-order chi connectivity index (χ1) is 5.68. The molecule has 12 heavy (non-hydrogen) atoms. The summed E-state index contributed by atoms with van der Waals surface area (Å²) in [6.45, 7) is 1.90. The van der Waals surface area contributed by atoms with Crippen molar-refractivity contribution in [1.29, 1.82) is 0 Å². The van der Waals surface area contributed by atoms with E-state index >= 15 is 0 Å². The van der Waals surface area contributed by atoms with Gasteiger partial charge in [-0.1, -0.05) is 5.16 Å². The van der Waals surface area contributed by atoms with Crippen molar-refractivity contribution >= 4 is 11.7 Å². The molecule has 4 nitrogen and oxygen atoms in total. The number of hydrogen-bond donors (Lipinski definition) is 1. The van der Waals surface area contributed by atoms with Crippen LogP contribution in [-0.2, 0) is 9.63 Å². The van der Waals surface area contributed by atoms with Gasteiger partial charge in [0.05, 0.1) is 11.6 Å². The van der Waals surface area contributed by atoms with Crippen molar-refractivity contribution in [2.24, 2.45) is 17.0 Å². The highest BCUT2D eigenvalue weighted by molar-refractivity contribution is 5.87. The number of carboxylic acid groups (broad SMARTS) is 1. The number of fused-ring (bicyclic) bond motifs is 1. The number of oxime groups is 1. The summed E-state index contributed by atoms with van der Waals surface area (Å²) >= 11 is 0. The lowest BCUT2D eigenvalue weighted by Gasteiger charge is -2.04. The van der Waals surface area contributed by atoms with Crippen molar-refractivity contribution < 1.29 is 14.7 Å². The van der Waals surface area contributed by atoms with Gasteiger partial charge >= 0.3 is 5.97 Å². The van der Waals surface area contributed by atoms with Crippen LogP contribution >= 0.6 is 0 Å². The molecule has 1 aliphatic carbocycles. The highest BCUT2D eigenvalue weighted by Gasteiger charge is 2.43. The molecule has 0 amide bonds. The molecule has 0 aromatic carbocycles. The Kier molecular flexibility index (Phi) is 1.56. The quantitative estimate of drug-likeness (QED) is 0.633. The van der Waals surface area contributed by atoms with Gasteiger partial charge in [-0.2, -0.15) is 0 Å². The van der Waals surface area contributed by atoms with Crippen LogP contribution in [-0.4, -0.2) is 22.9 Å². The van der Waals surface area contributed by atoms with Gasteiger partial charge in [-0.3, -0.25) is 4.79 Å². The van der Waals surface area contributed by atoms with Gasteiger partial charge in [0, 0.05) is 12.3 Å². The van der Waals surface area contributed by atoms with Gasteiger partial charge in [0.2, 0.25) is 0 Å². The summed E-state index contributed by atoms with van der Waals surface area (Å²) < 4.78 is 0. The van der Waals surface area contributed by atoms with E-state index in [1.165, 1.54) is 0 Å². The van der Waals surface area contributed by atoms with Crippen LogP contribution in [0.4, 0.5) is 0 Å². The molecule has 2 rings (SSSR count). The third kappa shape index (κ3) is 0.983. The molecule has 0 aromatic heterocycles. The average Bonchev–Trinajstić information content (AvgIpc) is 2.53. The van der Waals surface area contributed by atoms with Gasteiger partial charge in [-0.15, -0.1) is 0 Å². The van der Waals surface area contributed by atoms with E-state index in [-0.39, 0.29) is 17.9 Å². The Balaban J connectivity index is 2.08. The Hall–Kier alpha value is -1.06. The zero-order chi connectivity index (χ0) is 8.72. The lowest BCUT2D eigenvalue weighted by Crippen LogP contribution is -2.13. The summed E-state index contributed by atoms with van der Waals surface area (Å²) in [6.07, 6.45) is 1.34. The van der Waals surface area contributed by atoms with Crippen LogP contribution in [0.25, 0.3) is 0 Å². The first-order valence-corrected chi connectivity index (χ1v) is 4.11. The fourth-order valence-electron chi connectivity index (χ4n) is 1.98. The van der Waals surface area contributed by atoms with Crippen LogP contribution in [0.2, 0.25) is 0 Å². The summed E-state index contributed by atoms with van der Waals surface area (Å²) in [6, 6.07) is 0. The van der Waals surface area contributed by atoms with E-state index in [0.29, 0.717) is 12.8 Å². The third-order valence-electron chi connectivity index (χ3n) is 2.72. The minimum absolute atomic E-state index is 0.0334. The third-order valence-corrected chi connectivity index (χ3v) is 2.72. The molecular formula is C8H11NO3. The second-order valence-electron chi connectivity index (χ2n) is 3.49. The number of carbonyl (C=O) groups is 1. The predicted molar refractivity (Wildman–Crippen MR) is 41.8 cm³/mol. The molecule has 1 saturated carbocycles. The Morgan fingerprint density at radius 2 is 2.42 bits per heavy atom. The molecule has 0 aromatic rings. The Morgan fingerprint density at radius 3 is 3.00 bits per heavy atom. The van der Waals surface area contributed by atoms with Crippen LogP contribution < -0.4 is 0 Å². The summed E-state index contributed by atoms with van der Waals surface area (Å²) in [5.41, 5.74) is 0.948.